The number of phenols is 1. The lowest BCUT2D eigenvalue weighted by Gasteiger charge is -2.75. The van der Waals surface area contributed by atoms with Gasteiger partial charge in [0.1, 0.15) is 17.3 Å². The summed E-state index contributed by atoms with van der Waals surface area (Å²) in [6.07, 6.45) is 7.51. The first-order chi connectivity index (χ1) is 17.3. The minimum absolute atomic E-state index is 0.0109. The third-order valence-corrected chi connectivity index (χ3v) is 12.9. The van der Waals surface area contributed by atoms with Crippen molar-refractivity contribution < 1.29 is 19.7 Å². The van der Waals surface area contributed by atoms with Crippen molar-refractivity contribution in [3.05, 3.63) is 45.1 Å². The largest absolute Gasteiger partial charge is 0.504 e. The van der Waals surface area contributed by atoms with Gasteiger partial charge in [0.2, 0.25) is 0 Å². The SMILES string of the molecule is COC12CCC3(CC1C(C)(O)c1sccc1C)C1Cc4ccc(O)c5c4C3(CCN1CC1CC1)C2O5. The first-order valence-electron chi connectivity index (χ1n) is 13.9. The van der Waals surface area contributed by atoms with Gasteiger partial charge in [0.05, 0.1) is 0 Å². The van der Waals surface area contributed by atoms with Crippen LogP contribution < -0.4 is 4.74 Å². The second-order valence-corrected chi connectivity index (χ2v) is 13.9. The van der Waals surface area contributed by atoms with E-state index in [2.05, 4.69) is 29.3 Å². The fraction of sp³-hybridized carbons (Fsp3) is 0.667. The van der Waals surface area contributed by atoms with Gasteiger partial charge in [-0.25, -0.2) is 0 Å². The monoisotopic (exact) mass is 507 g/mol. The van der Waals surface area contributed by atoms with Gasteiger partial charge in [-0.1, -0.05) is 6.07 Å². The summed E-state index contributed by atoms with van der Waals surface area (Å²) in [5, 5.41) is 25.5. The Bertz CT molecular complexity index is 1270. The number of methoxy groups -OCH3 is 1. The van der Waals surface area contributed by atoms with Crippen molar-refractivity contribution in [3.8, 4) is 11.5 Å². The second-order valence-electron chi connectivity index (χ2n) is 13.0. The lowest BCUT2D eigenvalue weighted by molar-refractivity contribution is -0.304. The van der Waals surface area contributed by atoms with Crippen LogP contribution >= 0.6 is 11.3 Å². The number of benzene rings is 1. The number of hydrogen-bond donors (Lipinski definition) is 2. The molecule has 4 saturated carbocycles. The highest BCUT2D eigenvalue weighted by molar-refractivity contribution is 7.10. The Labute approximate surface area is 217 Å². The molecular formula is C30H37NO4S. The highest BCUT2D eigenvalue weighted by atomic mass is 32.1. The number of phenolic OH excluding ortho intramolecular Hbond substituents is 1. The minimum Gasteiger partial charge on any atom is -0.504 e. The lowest BCUT2D eigenvalue weighted by Crippen LogP contribution is -2.82. The van der Waals surface area contributed by atoms with Crippen molar-refractivity contribution in [2.24, 2.45) is 17.3 Å². The van der Waals surface area contributed by atoms with E-state index < -0.39 is 11.2 Å². The number of fused-ring (bicyclic) bond motifs is 2. The summed E-state index contributed by atoms with van der Waals surface area (Å²) < 4.78 is 13.5. The first kappa shape index (κ1) is 22.4. The van der Waals surface area contributed by atoms with Gasteiger partial charge in [0, 0.05) is 46.9 Å². The van der Waals surface area contributed by atoms with E-state index in [1.807, 2.05) is 20.1 Å². The molecule has 4 bridgehead atoms. The van der Waals surface area contributed by atoms with E-state index in [-0.39, 0.29) is 28.6 Å². The van der Waals surface area contributed by atoms with E-state index in [0.29, 0.717) is 11.8 Å². The molecule has 7 aliphatic rings. The highest BCUT2D eigenvalue weighted by Crippen LogP contribution is 2.78. The number of aromatic hydroxyl groups is 1. The third kappa shape index (κ3) is 2.36. The summed E-state index contributed by atoms with van der Waals surface area (Å²) >= 11 is 1.66. The lowest BCUT2D eigenvalue weighted by atomic mass is 9.33. The first-order valence-corrected chi connectivity index (χ1v) is 14.7. The maximum atomic E-state index is 12.4. The van der Waals surface area contributed by atoms with E-state index in [9.17, 15) is 10.2 Å². The molecular weight excluding hydrogens is 470 g/mol. The van der Waals surface area contributed by atoms with Gasteiger partial charge >= 0.3 is 0 Å². The van der Waals surface area contributed by atoms with Crippen molar-refractivity contribution in [2.45, 2.75) is 87.6 Å². The van der Waals surface area contributed by atoms with Gasteiger partial charge < -0.3 is 19.7 Å². The molecule has 7 atom stereocenters. The van der Waals surface area contributed by atoms with E-state index in [0.717, 1.165) is 55.0 Å². The summed E-state index contributed by atoms with van der Waals surface area (Å²) in [7, 11) is 1.83. The van der Waals surface area contributed by atoms with Crippen LogP contribution in [0.2, 0.25) is 0 Å². The van der Waals surface area contributed by atoms with E-state index in [4.69, 9.17) is 9.47 Å². The Hall–Kier alpha value is -1.60. The third-order valence-electron chi connectivity index (χ3n) is 11.7. The predicted molar refractivity (Wildman–Crippen MR) is 139 cm³/mol. The van der Waals surface area contributed by atoms with Crippen LogP contribution in [0.1, 0.15) is 67.0 Å². The molecule has 5 aliphatic carbocycles. The van der Waals surface area contributed by atoms with Gasteiger partial charge in [-0.15, -0.1) is 11.3 Å². The molecule has 1 aromatic heterocycles. The van der Waals surface area contributed by atoms with Crippen molar-refractivity contribution in [2.75, 3.05) is 20.2 Å². The Morgan fingerprint density at radius 1 is 1.22 bits per heavy atom. The maximum absolute atomic E-state index is 12.4. The minimum atomic E-state index is -1.01. The van der Waals surface area contributed by atoms with Gasteiger partial charge in [0.25, 0.3) is 0 Å². The number of hydrogen-bond acceptors (Lipinski definition) is 6. The molecule has 6 heteroatoms. The molecule has 7 unspecified atom stereocenters. The van der Waals surface area contributed by atoms with Crippen LogP contribution in [0, 0.1) is 24.2 Å². The summed E-state index contributed by atoms with van der Waals surface area (Å²) in [5.41, 5.74) is 2.02. The fourth-order valence-corrected chi connectivity index (χ4v) is 11.2. The molecule has 5 fully saturated rings. The standard InChI is InChI=1S/C30H37NO4S/c1-17-8-13-36-25(17)27(2,33)21-15-28-9-10-30(21,34-3)26-29(28)11-12-31(16-18-4-5-18)22(28)14-19-6-7-20(32)24(35-26)23(19)29/h6-8,13,18,21-22,26,32-33H,4-5,9-12,14-16H2,1-3H3. The van der Waals surface area contributed by atoms with Crippen LogP contribution in [0.25, 0.3) is 0 Å². The number of thiophene rings is 1. The van der Waals surface area contributed by atoms with E-state index in [1.165, 1.54) is 30.5 Å². The highest BCUT2D eigenvalue weighted by Gasteiger charge is 2.82. The van der Waals surface area contributed by atoms with Crippen LogP contribution in [0.5, 0.6) is 11.5 Å². The van der Waals surface area contributed by atoms with Crippen LogP contribution in [0.15, 0.2) is 23.6 Å². The molecule has 2 aliphatic heterocycles. The summed E-state index contributed by atoms with van der Waals surface area (Å²) in [6, 6.07) is 6.56. The molecule has 2 spiro atoms. The van der Waals surface area contributed by atoms with Crippen LogP contribution in [0.3, 0.4) is 0 Å². The number of aryl methyl sites for hydroxylation is 1. The average molecular weight is 508 g/mol. The zero-order valence-corrected chi connectivity index (χ0v) is 22.4. The molecule has 2 aromatic rings. The van der Waals surface area contributed by atoms with E-state index in [1.54, 1.807) is 11.3 Å². The topological polar surface area (TPSA) is 62.2 Å². The normalized spacial score (nSPS) is 41.6. The van der Waals surface area contributed by atoms with Crippen molar-refractivity contribution in [1.29, 1.82) is 0 Å². The molecule has 1 saturated heterocycles. The summed E-state index contributed by atoms with van der Waals surface area (Å²) in [6.45, 7) is 6.42. The van der Waals surface area contributed by atoms with Gasteiger partial charge in [-0.3, -0.25) is 4.90 Å². The molecule has 36 heavy (non-hydrogen) atoms. The second kappa shape index (κ2) is 6.88. The summed E-state index contributed by atoms with van der Waals surface area (Å²) in [5.74, 6) is 1.72. The number of nitrogens with zero attached hydrogens (tertiary/aromatic N) is 1. The van der Waals surface area contributed by atoms with Gasteiger partial charge in [0.15, 0.2) is 11.5 Å². The Kier molecular flexibility index (Phi) is 4.28. The molecule has 0 radical (unpaired) electrons. The molecule has 2 N–H and O–H groups in total. The smallest absolute Gasteiger partial charge is 0.165 e. The average Bonchev–Trinajstić information content (AvgIpc) is 3.44. The van der Waals surface area contributed by atoms with Gasteiger partial charge in [-0.2, -0.15) is 0 Å². The molecule has 9 rings (SSSR count). The summed E-state index contributed by atoms with van der Waals surface area (Å²) in [4.78, 5) is 3.87. The zero-order chi connectivity index (χ0) is 24.7. The Balaban J connectivity index is 1.36. The maximum Gasteiger partial charge on any atom is 0.165 e. The molecule has 0 amide bonds. The van der Waals surface area contributed by atoms with Crippen molar-refractivity contribution in [1.82, 2.24) is 4.90 Å². The Morgan fingerprint density at radius 2 is 2.06 bits per heavy atom. The van der Waals surface area contributed by atoms with Crippen molar-refractivity contribution in [3.63, 3.8) is 0 Å². The molecule has 1 aromatic carbocycles. The molecule has 3 heterocycles. The van der Waals surface area contributed by atoms with Gasteiger partial charge in [-0.05, 0) is 99.9 Å². The number of piperidine rings is 1. The predicted octanol–water partition coefficient (Wildman–Crippen LogP) is 4.89. The number of ether oxygens (including phenoxy) is 2. The molecule has 5 nitrogen and oxygen atoms in total. The number of rotatable bonds is 5. The Morgan fingerprint density at radius 3 is 2.78 bits per heavy atom. The quantitative estimate of drug-likeness (QED) is 0.603. The van der Waals surface area contributed by atoms with E-state index >= 15 is 0 Å². The van der Waals surface area contributed by atoms with Crippen LogP contribution in [0.4, 0.5) is 0 Å². The van der Waals surface area contributed by atoms with Crippen LogP contribution in [-0.2, 0) is 22.2 Å². The molecule has 192 valence electrons. The van der Waals surface area contributed by atoms with Crippen LogP contribution in [-0.4, -0.2) is 53.1 Å². The van der Waals surface area contributed by atoms with Crippen molar-refractivity contribution >= 4 is 11.3 Å². The zero-order valence-electron chi connectivity index (χ0n) is 21.5. The number of aliphatic hydroxyl groups is 1. The number of likely N-dealkylation sites (tertiary alicyclic amines) is 1. The fourth-order valence-electron chi connectivity index (χ4n) is 10.1.